The number of aliphatic carboxylic acids is 1. The molecule has 0 radical (unpaired) electrons. The number of thiazole rings is 1. The molecule has 0 saturated carbocycles. The van der Waals surface area contributed by atoms with Gasteiger partial charge in [0.2, 0.25) is 0 Å². The molecular formula is C21H17FN2O2S. The number of imidazole rings is 1. The summed E-state index contributed by atoms with van der Waals surface area (Å²) in [5, 5.41) is 9.28. The van der Waals surface area contributed by atoms with E-state index in [4.69, 9.17) is 0 Å². The first-order chi connectivity index (χ1) is 13.0. The molecule has 0 aliphatic heterocycles. The van der Waals surface area contributed by atoms with Crippen LogP contribution in [0.5, 0.6) is 0 Å². The van der Waals surface area contributed by atoms with Gasteiger partial charge in [-0.1, -0.05) is 31.2 Å². The van der Waals surface area contributed by atoms with E-state index >= 15 is 0 Å². The van der Waals surface area contributed by atoms with Gasteiger partial charge in [0.1, 0.15) is 5.82 Å². The molecule has 4 nitrogen and oxygen atoms in total. The van der Waals surface area contributed by atoms with Crippen LogP contribution < -0.4 is 0 Å². The summed E-state index contributed by atoms with van der Waals surface area (Å²) in [6.07, 6.45) is 2.78. The second kappa shape index (κ2) is 6.96. The lowest BCUT2D eigenvalue weighted by Gasteiger charge is -2.05. The van der Waals surface area contributed by atoms with Crippen LogP contribution in [-0.2, 0) is 17.6 Å². The van der Waals surface area contributed by atoms with Crippen LogP contribution in [0, 0.1) is 5.82 Å². The van der Waals surface area contributed by atoms with Crippen molar-refractivity contribution in [2.24, 2.45) is 0 Å². The number of carboxylic acids is 1. The van der Waals surface area contributed by atoms with Gasteiger partial charge in [-0.15, -0.1) is 11.3 Å². The van der Waals surface area contributed by atoms with Gasteiger partial charge in [-0.25, -0.2) is 9.37 Å². The van der Waals surface area contributed by atoms with Crippen molar-refractivity contribution in [3.05, 3.63) is 71.0 Å². The summed E-state index contributed by atoms with van der Waals surface area (Å²) >= 11 is 1.37. The van der Waals surface area contributed by atoms with Crippen LogP contribution in [0.15, 0.2) is 54.7 Å². The zero-order valence-corrected chi connectivity index (χ0v) is 15.5. The predicted octanol–water partition coefficient (Wildman–Crippen LogP) is 5.06. The summed E-state index contributed by atoms with van der Waals surface area (Å²) in [6, 6.07) is 14.3. The molecule has 2 aromatic carbocycles. The van der Waals surface area contributed by atoms with Gasteiger partial charge >= 0.3 is 5.97 Å². The highest BCUT2D eigenvalue weighted by Crippen LogP contribution is 2.34. The second-order valence-electron chi connectivity index (χ2n) is 6.28. The Morgan fingerprint density at radius 1 is 1.11 bits per heavy atom. The van der Waals surface area contributed by atoms with Crippen LogP contribution in [0.25, 0.3) is 27.5 Å². The van der Waals surface area contributed by atoms with Crippen molar-refractivity contribution in [2.45, 2.75) is 19.8 Å². The van der Waals surface area contributed by atoms with Gasteiger partial charge in [0.15, 0.2) is 4.96 Å². The lowest BCUT2D eigenvalue weighted by atomic mass is 10.1. The second-order valence-corrected chi connectivity index (χ2v) is 7.34. The highest BCUT2D eigenvalue weighted by molar-refractivity contribution is 7.17. The SMILES string of the molecule is CCc1ccc(-c2c(CC(=O)O)sc3nc(-c4ccc(F)cc4)cn23)cc1. The normalized spacial score (nSPS) is 11.2. The van der Waals surface area contributed by atoms with Crippen molar-refractivity contribution in [3.8, 4) is 22.5 Å². The van der Waals surface area contributed by atoms with Crippen molar-refractivity contribution in [1.29, 1.82) is 0 Å². The van der Waals surface area contributed by atoms with Crippen molar-refractivity contribution in [1.82, 2.24) is 9.38 Å². The van der Waals surface area contributed by atoms with Crippen LogP contribution in [0.1, 0.15) is 17.4 Å². The highest BCUT2D eigenvalue weighted by Gasteiger charge is 2.19. The Hall–Kier alpha value is -2.99. The highest BCUT2D eigenvalue weighted by atomic mass is 32.1. The summed E-state index contributed by atoms with van der Waals surface area (Å²) in [7, 11) is 0. The predicted molar refractivity (Wildman–Crippen MR) is 105 cm³/mol. The number of benzene rings is 2. The molecule has 0 spiro atoms. The van der Waals surface area contributed by atoms with Crippen molar-refractivity contribution >= 4 is 22.3 Å². The fraction of sp³-hybridized carbons (Fsp3) is 0.143. The fourth-order valence-electron chi connectivity index (χ4n) is 3.10. The van der Waals surface area contributed by atoms with Gasteiger partial charge in [0.05, 0.1) is 17.8 Å². The van der Waals surface area contributed by atoms with Gasteiger partial charge in [-0.3, -0.25) is 9.20 Å². The molecule has 1 N–H and O–H groups in total. The molecule has 4 aromatic rings. The van der Waals surface area contributed by atoms with E-state index in [1.165, 1.54) is 29.0 Å². The van der Waals surface area contributed by atoms with Crippen molar-refractivity contribution in [2.75, 3.05) is 0 Å². The van der Waals surface area contributed by atoms with Crippen molar-refractivity contribution < 1.29 is 14.3 Å². The Balaban J connectivity index is 1.86. The Kier molecular flexibility index (Phi) is 4.49. The molecule has 136 valence electrons. The minimum Gasteiger partial charge on any atom is -0.481 e. The van der Waals surface area contributed by atoms with Gasteiger partial charge in [0.25, 0.3) is 0 Å². The number of halogens is 1. The largest absolute Gasteiger partial charge is 0.481 e. The number of carboxylic acid groups (broad SMARTS) is 1. The van der Waals surface area contributed by atoms with Crippen LogP contribution in [-0.4, -0.2) is 20.5 Å². The third-order valence-electron chi connectivity index (χ3n) is 4.48. The maximum absolute atomic E-state index is 13.2. The Morgan fingerprint density at radius 3 is 2.41 bits per heavy atom. The lowest BCUT2D eigenvalue weighted by molar-refractivity contribution is -0.136. The standard InChI is InChI=1S/C21H17FN2O2S/c1-2-13-3-5-15(6-4-13)20-18(11-19(25)26)27-21-23-17(12-24(20)21)14-7-9-16(22)10-8-14/h3-10,12H,2,11H2,1H3,(H,25,26). The third-order valence-corrected chi connectivity index (χ3v) is 5.54. The van der Waals surface area contributed by atoms with Gasteiger partial charge in [-0.05, 0) is 41.8 Å². The number of hydrogen-bond donors (Lipinski definition) is 1. The Bertz CT molecular complexity index is 1110. The summed E-state index contributed by atoms with van der Waals surface area (Å²) in [6.45, 7) is 2.10. The summed E-state index contributed by atoms with van der Waals surface area (Å²) < 4.78 is 15.1. The van der Waals surface area contributed by atoms with E-state index in [0.717, 1.165) is 38.8 Å². The molecule has 0 amide bonds. The van der Waals surface area contributed by atoms with Gasteiger partial charge in [0, 0.05) is 16.6 Å². The van der Waals surface area contributed by atoms with E-state index in [0.29, 0.717) is 0 Å². The number of aryl methyl sites for hydroxylation is 1. The van der Waals surface area contributed by atoms with Crippen LogP contribution in [0.4, 0.5) is 4.39 Å². The summed E-state index contributed by atoms with van der Waals surface area (Å²) in [5.41, 5.74) is 4.58. The smallest absolute Gasteiger partial charge is 0.308 e. The first kappa shape index (κ1) is 17.4. The molecule has 0 aliphatic rings. The number of rotatable bonds is 5. The first-order valence-corrected chi connectivity index (χ1v) is 9.44. The maximum atomic E-state index is 13.2. The Morgan fingerprint density at radius 2 is 1.78 bits per heavy atom. The maximum Gasteiger partial charge on any atom is 0.308 e. The monoisotopic (exact) mass is 380 g/mol. The molecule has 0 aliphatic carbocycles. The zero-order chi connectivity index (χ0) is 19.0. The zero-order valence-electron chi connectivity index (χ0n) is 14.6. The molecule has 0 saturated heterocycles. The molecular weight excluding hydrogens is 363 g/mol. The fourth-order valence-corrected chi connectivity index (χ4v) is 4.22. The summed E-state index contributed by atoms with van der Waals surface area (Å²) in [4.78, 5) is 17.4. The van der Waals surface area contributed by atoms with E-state index in [-0.39, 0.29) is 12.2 Å². The average Bonchev–Trinajstić information content (AvgIpc) is 3.19. The number of aromatic nitrogens is 2. The number of nitrogens with zero attached hydrogens (tertiary/aromatic N) is 2. The molecule has 0 unspecified atom stereocenters. The quantitative estimate of drug-likeness (QED) is 0.527. The average molecular weight is 380 g/mol. The topological polar surface area (TPSA) is 54.6 Å². The molecule has 0 bridgehead atoms. The lowest BCUT2D eigenvalue weighted by Crippen LogP contribution is -2.00. The van der Waals surface area contributed by atoms with Crippen LogP contribution >= 0.6 is 11.3 Å². The van der Waals surface area contributed by atoms with E-state index in [9.17, 15) is 14.3 Å². The molecule has 4 rings (SSSR count). The van der Waals surface area contributed by atoms with E-state index in [1.807, 2.05) is 22.7 Å². The third kappa shape index (κ3) is 3.36. The molecule has 0 fully saturated rings. The molecule has 27 heavy (non-hydrogen) atoms. The van der Waals surface area contributed by atoms with Crippen LogP contribution in [0.3, 0.4) is 0 Å². The molecule has 2 heterocycles. The molecule has 2 aromatic heterocycles. The molecule has 0 atom stereocenters. The van der Waals surface area contributed by atoms with Gasteiger partial charge in [-0.2, -0.15) is 0 Å². The minimum atomic E-state index is -0.871. The van der Waals surface area contributed by atoms with Crippen molar-refractivity contribution in [3.63, 3.8) is 0 Å². The van der Waals surface area contributed by atoms with E-state index < -0.39 is 5.97 Å². The first-order valence-electron chi connectivity index (χ1n) is 8.63. The minimum absolute atomic E-state index is 0.0508. The van der Waals surface area contributed by atoms with Crippen LogP contribution in [0.2, 0.25) is 0 Å². The number of carbonyl (C=O) groups is 1. The van der Waals surface area contributed by atoms with E-state index in [2.05, 4.69) is 24.0 Å². The molecule has 6 heteroatoms. The number of hydrogen-bond acceptors (Lipinski definition) is 3. The van der Waals surface area contributed by atoms with E-state index in [1.54, 1.807) is 12.1 Å². The number of fused-ring (bicyclic) bond motifs is 1. The summed E-state index contributed by atoms with van der Waals surface area (Å²) in [5.74, 6) is -1.16. The van der Waals surface area contributed by atoms with Gasteiger partial charge < -0.3 is 5.11 Å². The Labute approximate surface area is 159 Å².